The molecule has 1 aromatic rings. The van der Waals surface area contributed by atoms with Gasteiger partial charge in [-0.2, -0.15) is 0 Å². The average Bonchev–Trinajstić information content (AvgIpc) is 2.86. The van der Waals surface area contributed by atoms with E-state index in [-0.39, 0.29) is 30.5 Å². The second-order valence-electron chi connectivity index (χ2n) is 4.95. The molecule has 1 aliphatic rings. The van der Waals surface area contributed by atoms with Crippen molar-refractivity contribution in [2.24, 2.45) is 0 Å². The highest BCUT2D eigenvalue weighted by molar-refractivity contribution is 6.32. The third kappa shape index (κ3) is 4.54. The number of anilines is 1. The van der Waals surface area contributed by atoms with Gasteiger partial charge in [0.15, 0.2) is 0 Å². The lowest BCUT2D eigenvalue weighted by atomic mass is 10.2. The Hall–Kier alpha value is -0.970. The summed E-state index contributed by atoms with van der Waals surface area (Å²) in [6.45, 7) is 4.79. The lowest BCUT2D eigenvalue weighted by molar-refractivity contribution is -0.117. The molecule has 112 valence electrons. The molecule has 1 amide bonds. The molecule has 0 bridgehead atoms. The molecule has 0 saturated carbocycles. The zero-order valence-electron chi connectivity index (χ0n) is 11.6. The van der Waals surface area contributed by atoms with Gasteiger partial charge < -0.3 is 15.4 Å². The van der Waals surface area contributed by atoms with Crippen LogP contribution < -0.4 is 15.4 Å². The van der Waals surface area contributed by atoms with E-state index in [4.69, 9.17) is 16.3 Å². The maximum absolute atomic E-state index is 11.9. The van der Waals surface area contributed by atoms with E-state index in [0.29, 0.717) is 16.5 Å². The van der Waals surface area contributed by atoms with Crippen LogP contribution in [0, 0.1) is 0 Å². The van der Waals surface area contributed by atoms with Crippen molar-refractivity contribution >= 4 is 35.6 Å². The van der Waals surface area contributed by atoms with Gasteiger partial charge in [0.25, 0.3) is 0 Å². The number of hydrogen-bond donors (Lipinski definition) is 2. The van der Waals surface area contributed by atoms with Gasteiger partial charge in [0, 0.05) is 5.69 Å². The minimum absolute atomic E-state index is 0. The molecule has 1 saturated heterocycles. The lowest BCUT2D eigenvalue weighted by Gasteiger charge is -2.14. The summed E-state index contributed by atoms with van der Waals surface area (Å²) in [5.41, 5.74) is 0.694. The first-order chi connectivity index (χ1) is 9.06. The largest absolute Gasteiger partial charge is 0.489 e. The molecule has 1 fully saturated rings. The van der Waals surface area contributed by atoms with Gasteiger partial charge in [-0.3, -0.25) is 4.79 Å². The highest BCUT2D eigenvalue weighted by Crippen LogP contribution is 2.28. The van der Waals surface area contributed by atoms with Crippen LogP contribution in [0.3, 0.4) is 0 Å². The van der Waals surface area contributed by atoms with Crippen molar-refractivity contribution in [1.29, 1.82) is 0 Å². The van der Waals surface area contributed by atoms with Gasteiger partial charge in [-0.15, -0.1) is 12.4 Å². The van der Waals surface area contributed by atoms with Gasteiger partial charge in [-0.25, -0.2) is 0 Å². The Bertz CT molecular complexity index is 460. The highest BCUT2D eigenvalue weighted by Gasteiger charge is 2.22. The number of benzene rings is 1. The molecule has 20 heavy (non-hydrogen) atoms. The summed E-state index contributed by atoms with van der Waals surface area (Å²) < 4.78 is 5.55. The smallest absolute Gasteiger partial charge is 0.241 e. The van der Waals surface area contributed by atoms with Gasteiger partial charge >= 0.3 is 0 Å². The summed E-state index contributed by atoms with van der Waals surface area (Å²) in [6.07, 6.45) is 1.99. The van der Waals surface area contributed by atoms with E-state index in [1.165, 1.54) is 0 Å². The van der Waals surface area contributed by atoms with Gasteiger partial charge in [0.1, 0.15) is 5.75 Å². The summed E-state index contributed by atoms with van der Waals surface area (Å²) >= 11 is 6.12. The van der Waals surface area contributed by atoms with Crippen molar-refractivity contribution in [2.45, 2.75) is 38.8 Å². The number of rotatable bonds is 4. The van der Waals surface area contributed by atoms with Gasteiger partial charge in [-0.05, 0) is 51.4 Å². The summed E-state index contributed by atoms with van der Waals surface area (Å²) in [7, 11) is 0. The molecule has 0 radical (unpaired) electrons. The van der Waals surface area contributed by atoms with Crippen LogP contribution in [0.1, 0.15) is 26.7 Å². The predicted molar refractivity (Wildman–Crippen MR) is 84.1 cm³/mol. The molecule has 2 rings (SSSR count). The number of ether oxygens (including phenoxy) is 1. The quantitative estimate of drug-likeness (QED) is 0.896. The van der Waals surface area contributed by atoms with Crippen LogP contribution in [-0.2, 0) is 4.79 Å². The summed E-state index contributed by atoms with van der Waals surface area (Å²) in [4.78, 5) is 11.9. The van der Waals surface area contributed by atoms with E-state index < -0.39 is 0 Å². The van der Waals surface area contributed by atoms with Gasteiger partial charge in [0.2, 0.25) is 5.91 Å². The fourth-order valence-corrected chi connectivity index (χ4v) is 2.29. The van der Waals surface area contributed by atoms with E-state index in [0.717, 1.165) is 19.4 Å². The van der Waals surface area contributed by atoms with Crippen LogP contribution in [0.2, 0.25) is 5.02 Å². The number of carbonyl (C=O) groups excluding carboxylic acids is 1. The second-order valence-corrected chi connectivity index (χ2v) is 5.36. The number of hydrogen-bond acceptors (Lipinski definition) is 3. The number of amides is 1. The molecule has 0 aromatic heterocycles. The molecule has 2 N–H and O–H groups in total. The van der Waals surface area contributed by atoms with Crippen LogP contribution >= 0.6 is 24.0 Å². The number of carbonyl (C=O) groups is 1. The lowest BCUT2D eigenvalue weighted by Crippen LogP contribution is -2.35. The van der Waals surface area contributed by atoms with E-state index in [1.54, 1.807) is 18.2 Å². The summed E-state index contributed by atoms with van der Waals surface area (Å²) in [5, 5.41) is 6.53. The Morgan fingerprint density at radius 2 is 2.25 bits per heavy atom. The van der Waals surface area contributed by atoms with Crippen LogP contribution in [0.5, 0.6) is 5.75 Å². The normalized spacial score (nSPS) is 17.7. The van der Waals surface area contributed by atoms with Crippen LogP contribution in [0.15, 0.2) is 18.2 Å². The zero-order chi connectivity index (χ0) is 13.8. The first kappa shape index (κ1) is 17.1. The Labute approximate surface area is 130 Å². The second kappa shape index (κ2) is 7.72. The third-order valence-corrected chi connectivity index (χ3v) is 3.23. The number of halogens is 2. The predicted octanol–water partition coefficient (Wildman–Crippen LogP) is 3.24. The van der Waals surface area contributed by atoms with E-state index in [9.17, 15) is 4.79 Å². The van der Waals surface area contributed by atoms with Crippen molar-refractivity contribution in [3.05, 3.63) is 23.2 Å². The fraction of sp³-hybridized carbons (Fsp3) is 0.500. The van der Waals surface area contributed by atoms with Crippen LogP contribution in [-0.4, -0.2) is 24.6 Å². The van der Waals surface area contributed by atoms with Crippen molar-refractivity contribution in [3.63, 3.8) is 0 Å². The molecular weight excluding hydrogens is 299 g/mol. The Kier molecular flexibility index (Phi) is 6.59. The molecule has 1 unspecified atom stereocenters. The van der Waals surface area contributed by atoms with Crippen LogP contribution in [0.25, 0.3) is 0 Å². The standard InChI is InChI=1S/C14H19ClN2O2.ClH/c1-9(2)19-13-6-5-10(8-11(13)15)17-14(18)12-4-3-7-16-12;/h5-6,8-9,12,16H,3-4,7H2,1-2H3,(H,17,18);1H. The fourth-order valence-electron chi connectivity index (χ4n) is 2.07. The summed E-state index contributed by atoms with van der Waals surface area (Å²) in [6, 6.07) is 5.20. The molecule has 0 spiro atoms. The van der Waals surface area contributed by atoms with E-state index in [2.05, 4.69) is 10.6 Å². The molecule has 1 atom stereocenters. The first-order valence-electron chi connectivity index (χ1n) is 6.56. The van der Waals surface area contributed by atoms with Crippen molar-refractivity contribution in [3.8, 4) is 5.75 Å². The Morgan fingerprint density at radius 1 is 1.50 bits per heavy atom. The van der Waals surface area contributed by atoms with Gasteiger partial charge in [-0.1, -0.05) is 11.6 Å². The molecule has 6 heteroatoms. The topological polar surface area (TPSA) is 50.4 Å². The Morgan fingerprint density at radius 3 is 2.80 bits per heavy atom. The Balaban J connectivity index is 0.00000200. The molecule has 1 aromatic carbocycles. The summed E-state index contributed by atoms with van der Waals surface area (Å²) in [5.74, 6) is 0.625. The minimum atomic E-state index is -0.0923. The zero-order valence-corrected chi connectivity index (χ0v) is 13.2. The van der Waals surface area contributed by atoms with Crippen molar-refractivity contribution in [2.75, 3.05) is 11.9 Å². The molecule has 0 aliphatic carbocycles. The number of nitrogens with one attached hydrogen (secondary N) is 2. The minimum Gasteiger partial charge on any atom is -0.489 e. The maximum atomic E-state index is 11.9. The van der Waals surface area contributed by atoms with Crippen LogP contribution in [0.4, 0.5) is 5.69 Å². The average molecular weight is 319 g/mol. The van der Waals surface area contributed by atoms with Crippen molar-refractivity contribution in [1.82, 2.24) is 5.32 Å². The monoisotopic (exact) mass is 318 g/mol. The maximum Gasteiger partial charge on any atom is 0.241 e. The first-order valence-corrected chi connectivity index (χ1v) is 6.94. The molecule has 1 heterocycles. The molecular formula is C14H20Cl2N2O2. The molecule has 4 nitrogen and oxygen atoms in total. The third-order valence-electron chi connectivity index (χ3n) is 2.94. The van der Waals surface area contributed by atoms with Gasteiger partial charge in [0.05, 0.1) is 17.2 Å². The SMILES string of the molecule is CC(C)Oc1ccc(NC(=O)C2CCCN2)cc1Cl.Cl. The van der Waals surface area contributed by atoms with Crippen molar-refractivity contribution < 1.29 is 9.53 Å². The molecule has 1 aliphatic heterocycles. The highest BCUT2D eigenvalue weighted by atomic mass is 35.5. The van der Waals surface area contributed by atoms with E-state index in [1.807, 2.05) is 13.8 Å². The van der Waals surface area contributed by atoms with E-state index >= 15 is 0 Å².